The fourth-order valence-corrected chi connectivity index (χ4v) is 5.70. The van der Waals surface area contributed by atoms with E-state index in [-0.39, 0.29) is 23.2 Å². The van der Waals surface area contributed by atoms with E-state index in [2.05, 4.69) is 26.2 Å². The lowest BCUT2D eigenvalue weighted by molar-refractivity contribution is -0.169. The Morgan fingerprint density at radius 2 is 1.20 bits per heavy atom. The molecule has 1 amide bonds. The standard InChI is InChI=1S/C35H25BrF5N3O/c36-30-21-31(29(32(42)43-33(45)35(39,40)41)19-23(30)16-22-17-27(37)20-28(38)18-22)44-34(24-10-4-1-5-11-24,25-12-6-2-7-13-25)26-14-8-3-9-15-26/h1-15,17-21,44H,16H2,(H2,42,43,45). The lowest BCUT2D eigenvalue weighted by Gasteiger charge is -2.38. The molecule has 0 bridgehead atoms. The number of alkyl halides is 3. The Hall–Kier alpha value is -4.83. The molecule has 0 spiro atoms. The quantitative estimate of drug-likeness (QED) is 0.0749. The zero-order chi connectivity index (χ0) is 32.2. The third kappa shape index (κ3) is 6.96. The summed E-state index contributed by atoms with van der Waals surface area (Å²) in [6.07, 6.45) is -5.26. The lowest BCUT2D eigenvalue weighted by Crippen LogP contribution is -2.39. The van der Waals surface area contributed by atoms with Crippen molar-refractivity contribution in [3.8, 4) is 0 Å². The van der Waals surface area contributed by atoms with Gasteiger partial charge in [0.15, 0.2) is 0 Å². The van der Waals surface area contributed by atoms with E-state index in [4.69, 9.17) is 5.73 Å². The van der Waals surface area contributed by atoms with Crippen molar-refractivity contribution in [3.63, 3.8) is 0 Å². The predicted molar refractivity (Wildman–Crippen MR) is 168 cm³/mol. The van der Waals surface area contributed by atoms with Gasteiger partial charge >= 0.3 is 12.1 Å². The Kier molecular flexibility index (Phi) is 9.15. The summed E-state index contributed by atoms with van der Waals surface area (Å²) in [4.78, 5) is 15.1. The van der Waals surface area contributed by atoms with Gasteiger partial charge in [-0.25, -0.2) is 8.78 Å². The number of anilines is 1. The van der Waals surface area contributed by atoms with Gasteiger partial charge in [0.2, 0.25) is 0 Å². The molecule has 0 fully saturated rings. The Morgan fingerprint density at radius 1 is 0.733 bits per heavy atom. The maximum atomic E-state index is 14.0. The molecule has 228 valence electrons. The van der Waals surface area contributed by atoms with E-state index in [1.807, 2.05) is 91.0 Å². The summed E-state index contributed by atoms with van der Waals surface area (Å²) in [6.45, 7) is 0. The van der Waals surface area contributed by atoms with Crippen molar-refractivity contribution < 1.29 is 26.7 Å². The molecule has 0 unspecified atom stereocenters. The predicted octanol–water partition coefficient (Wildman–Crippen LogP) is 8.52. The molecule has 5 aromatic carbocycles. The molecule has 5 aromatic rings. The molecular weight excluding hydrogens is 653 g/mol. The third-order valence-electron chi connectivity index (χ3n) is 7.19. The number of carbonyl (C=O) groups is 1. The zero-order valence-corrected chi connectivity index (χ0v) is 25.0. The number of amides is 1. The molecule has 0 saturated heterocycles. The molecule has 5 rings (SSSR count). The van der Waals surface area contributed by atoms with E-state index < -0.39 is 35.1 Å². The molecule has 0 atom stereocenters. The monoisotopic (exact) mass is 677 g/mol. The second kappa shape index (κ2) is 13.0. The third-order valence-corrected chi connectivity index (χ3v) is 7.92. The number of halogens is 6. The van der Waals surface area contributed by atoms with E-state index in [9.17, 15) is 26.7 Å². The van der Waals surface area contributed by atoms with Crippen molar-refractivity contribution in [2.45, 2.75) is 18.1 Å². The first kappa shape index (κ1) is 31.6. The average molecular weight is 678 g/mol. The summed E-state index contributed by atoms with van der Waals surface area (Å²) >= 11 is 3.53. The van der Waals surface area contributed by atoms with Crippen molar-refractivity contribution in [3.05, 3.63) is 171 Å². The minimum Gasteiger partial charge on any atom is -0.383 e. The molecule has 0 aromatic heterocycles. The second-order valence-electron chi connectivity index (χ2n) is 10.2. The zero-order valence-electron chi connectivity index (χ0n) is 23.5. The first-order valence-electron chi connectivity index (χ1n) is 13.6. The second-order valence-corrected chi connectivity index (χ2v) is 11.1. The van der Waals surface area contributed by atoms with Crippen molar-refractivity contribution >= 4 is 33.4 Å². The van der Waals surface area contributed by atoms with Gasteiger partial charge in [0.05, 0.1) is 0 Å². The van der Waals surface area contributed by atoms with Crippen LogP contribution < -0.4 is 11.1 Å². The van der Waals surface area contributed by atoms with Crippen molar-refractivity contribution in [1.29, 1.82) is 0 Å². The number of nitrogens with two attached hydrogens (primary N) is 1. The van der Waals surface area contributed by atoms with Crippen LogP contribution >= 0.6 is 15.9 Å². The Bertz CT molecular complexity index is 1730. The van der Waals surface area contributed by atoms with Crippen molar-refractivity contribution in [2.24, 2.45) is 10.7 Å². The lowest BCUT2D eigenvalue weighted by atomic mass is 9.76. The van der Waals surface area contributed by atoms with Crippen LogP contribution in [-0.2, 0) is 16.8 Å². The highest BCUT2D eigenvalue weighted by atomic mass is 79.9. The van der Waals surface area contributed by atoms with Gasteiger partial charge in [-0.15, -0.1) is 0 Å². The van der Waals surface area contributed by atoms with Gasteiger partial charge < -0.3 is 11.1 Å². The van der Waals surface area contributed by atoms with Crippen LogP contribution in [0.2, 0.25) is 0 Å². The van der Waals surface area contributed by atoms with Crippen molar-refractivity contribution in [2.75, 3.05) is 5.32 Å². The van der Waals surface area contributed by atoms with Crippen LogP contribution in [0.5, 0.6) is 0 Å². The number of aliphatic imine (C=N–C) groups is 1. The summed E-state index contributed by atoms with van der Waals surface area (Å²) in [5, 5.41) is 3.55. The molecule has 10 heteroatoms. The van der Waals surface area contributed by atoms with Crippen LogP contribution in [-0.4, -0.2) is 17.9 Å². The highest BCUT2D eigenvalue weighted by Gasteiger charge is 2.40. The molecule has 0 aliphatic heterocycles. The fraction of sp³-hybridized carbons (Fsp3) is 0.0857. The number of rotatable bonds is 8. The maximum absolute atomic E-state index is 14.0. The van der Waals surface area contributed by atoms with E-state index in [0.717, 1.165) is 34.9 Å². The molecule has 0 aliphatic rings. The molecule has 0 saturated carbocycles. The molecule has 0 heterocycles. The van der Waals surface area contributed by atoms with Gasteiger partial charge in [-0.05, 0) is 58.5 Å². The van der Waals surface area contributed by atoms with E-state index >= 15 is 0 Å². The van der Waals surface area contributed by atoms with Gasteiger partial charge in [0.25, 0.3) is 0 Å². The average Bonchev–Trinajstić information content (AvgIpc) is 3.01. The molecule has 0 aliphatic carbocycles. The topological polar surface area (TPSA) is 67.5 Å². The summed E-state index contributed by atoms with van der Waals surface area (Å²) in [7, 11) is 0. The van der Waals surface area contributed by atoms with Gasteiger partial charge in [0.1, 0.15) is 23.0 Å². The van der Waals surface area contributed by atoms with Crippen LogP contribution in [0.4, 0.5) is 27.6 Å². The number of hydrogen-bond acceptors (Lipinski definition) is 2. The Balaban J connectivity index is 1.76. The van der Waals surface area contributed by atoms with E-state index in [1.165, 1.54) is 6.07 Å². The smallest absolute Gasteiger partial charge is 0.383 e. The summed E-state index contributed by atoms with van der Waals surface area (Å²) in [5.41, 5.74) is 8.35. The summed E-state index contributed by atoms with van der Waals surface area (Å²) < 4.78 is 68.2. The minimum absolute atomic E-state index is 0.00968. The number of hydrogen-bond donors (Lipinski definition) is 2. The highest BCUT2D eigenvalue weighted by molar-refractivity contribution is 9.10. The molecule has 4 nitrogen and oxygen atoms in total. The van der Waals surface area contributed by atoms with Gasteiger partial charge in [-0.1, -0.05) is 107 Å². The van der Waals surface area contributed by atoms with Crippen molar-refractivity contribution in [1.82, 2.24) is 0 Å². The number of benzene rings is 5. The largest absolute Gasteiger partial charge is 0.473 e. The number of nitrogens with zero attached hydrogens (tertiary/aromatic N) is 1. The highest BCUT2D eigenvalue weighted by Crippen LogP contribution is 2.42. The first-order valence-corrected chi connectivity index (χ1v) is 14.4. The molecule has 0 radical (unpaired) electrons. The normalized spacial score (nSPS) is 12.2. The summed E-state index contributed by atoms with van der Waals surface area (Å²) in [6, 6.07) is 34.4. The van der Waals surface area contributed by atoms with Crippen LogP contribution in [0, 0.1) is 11.6 Å². The van der Waals surface area contributed by atoms with Crippen LogP contribution in [0.1, 0.15) is 33.4 Å². The maximum Gasteiger partial charge on any atom is 0.473 e. The Morgan fingerprint density at radius 3 is 1.64 bits per heavy atom. The van der Waals surface area contributed by atoms with E-state index in [1.54, 1.807) is 6.07 Å². The fourth-order valence-electron chi connectivity index (χ4n) is 5.22. The number of nitrogens with one attached hydrogen (secondary N) is 1. The van der Waals surface area contributed by atoms with Gasteiger partial charge in [-0.3, -0.25) is 4.79 Å². The molecular formula is C35H25BrF5N3O. The van der Waals surface area contributed by atoms with Crippen LogP contribution in [0.25, 0.3) is 0 Å². The SMILES string of the molecule is NC(=NC(=O)C(F)(F)F)c1cc(Cc2cc(F)cc(F)c2)c(Br)cc1NC(c1ccccc1)(c1ccccc1)c1ccccc1. The Labute approximate surface area is 264 Å². The molecule has 3 N–H and O–H groups in total. The minimum atomic E-state index is -5.25. The van der Waals surface area contributed by atoms with Crippen LogP contribution in [0.3, 0.4) is 0 Å². The molecule has 45 heavy (non-hydrogen) atoms. The van der Waals surface area contributed by atoms with Crippen LogP contribution in [0.15, 0.2) is 131 Å². The summed E-state index contributed by atoms with van der Waals surface area (Å²) in [5.74, 6) is -4.63. The van der Waals surface area contributed by atoms with E-state index in [0.29, 0.717) is 10.0 Å². The van der Waals surface area contributed by atoms with Gasteiger partial charge in [-0.2, -0.15) is 18.2 Å². The van der Waals surface area contributed by atoms with Gasteiger partial charge in [0, 0.05) is 21.8 Å². The number of amidine groups is 1. The first-order chi connectivity index (χ1) is 21.5. The number of carbonyl (C=O) groups excluding carboxylic acids is 1.